The number of rotatable bonds is 5. The molecule has 0 saturated carbocycles. The van der Waals surface area contributed by atoms with Crippen molar-refractivity contribution in [2.75, 3.05) is 7.11 Å². The Bertz CT molecular complexity index is 560. The van der Waals surface area contributed by atoms with Gasteiger partial charge in [0, 0.05) is 11.3 Å². The van der Waals surface area contributed by atoms with E-state index in [1.807, 2.05) is 33.8 Å². The molecular formula is C17H27FN2O3. The summed E-state index contributed by atoms with van der Waals surface area (Å²) in [7, 11) is 1.33. The third-order valence-corrected chi connectivity index (χ3v) is 3.20. The second-order valence-electron chi connectivity index (χ2n) is 5.27. The lowest BCUT2D eigenvalue weighted by Gasteiger charge is -2.09. The molecule has 0 spiro atoms. The van der Waals surface area contributed by atoms with Crippen LogP contribution in [0.3, 0.4) is 0 Å². The van der Waals surface area contributed by atoms with Crippen LogP contribution in [-0.4, -0.2) is 34.1 Å². The SMILES string of the molecule is C/C=C(\C)n1nc(C(=O)OC)c(C(C)C)c1CO.C=CC(C)F. The number of esters is 1. The van der Waals surface area contributed by atoms with Gasteiger partial charge in [-0.2, -0.15) is 5.10 Å². The van der Waals surface area contributed by atoms with Crippen LogP contribution < -0.4 is 0 Å². The van der Waals surface area contributed by atoms with Gasteiger partial charge in [-0.25, -0.2) is 13.9 Å². The fourth-order valence-corrected chi connectivity index (χ4v) is 1.89. The van der Waals surface area contributed by atoms with Gasteiger partial charge in [0.05, 0.1) is 19.4 Å². The van der Waals surface area contributed by atoms with Crippen molar-refractivity contribution in [2.24, 2.45) is 0 Å². The molecule has 1 aromatic heterocycles. The Labute approximate surface area is 137 Å². The zero-order valence-electron chi connectivity index (χ0n) is 14.8. The minimum Gasteiger partial charge on any atom is -0.464 e. The van der Waals surface area contributed by atoms with Crippen LogP contribution in [0, 0.1) is 0 Å². The zero-order chi connectivity index (χ0) is 18.2. The van der Waals surface area contributed by atoms with Crippen molar-refractivity contribution in [1.29, 1.82) is 0 Å². The maximum atomic E-state index is 11.7. The summed E-state index contributed by atoms with van der Waals surface area (Å²) in [5.74, 6) is -0.393. The number of halogens is 1. The van der Waals surface area contributed by atoms with E-state index in [0.717, 1.165) is 11.3 Å². The van der Waals surface area contributed by atoms with Gasteiger partial charge in [-0.05, 0) is 26.7 Å². The van der Waals surface area contributed by atoms with Gasteiger partial charge in [0.2, 0.25) is 0 Å². The average molecular weight is 326 g/mol. The Balaban J connectivity index is 0.000000841. The molecule has 1 N–H and O–H groups in total. The normalized spacial score (nSPS) is 12.5. The third kappa shape index (κ3) is 5.63. The molecule has 1 rings (SSSR count). The van der Waals surface area contributed by atoms with E-state index < -0.39 is 12.1 Å². The molecule has 23 heavy (non-hydrogen) atoms. The molecule has 0 fully saturated rings. The van der Waals surface area contributed by atoms with Gasteiger partial charge in [-0.3, -0.25) is 0 Å². The molecule has 0 aromatic carbocycles. The van der Waals surface area contributed by atoms with Crippen LogP contribution in [0.5, 0.6) is 0 Å². The van der Waals surface area contributed by atoms with Gasteiger partial charge < -0.3 is 9.84 Å². The van der Waals surface area contributed by atoms with Gasteiger partial charge in [-0.1, -0.05) is 26.0 Å². The number of allylic oxidation sites excluding steroid dienone is 3. The fourth-order valence-electron chi connectivity index (χ4n) is 1.89. The first-order valence-electron chi connectivity index (χ1n) is 7.45. The number of hydrogen-bond acceptors (Lipinski definition) is 4. The summed E-state index contributed by atoms with van der Waals surface area (Å²) in [6.45, 7) is 12.1. The van der Waals surface area contributed by atoms with Gasteiger partial charge >= 0.3 is 5.97 Å². The largest absolute Gasteiger partial charge is 0.464 e. The summed E-state index contributed by atoms with van der Waals surface area (Å²) in [6.07, 6.45) is 2.27. The lowest BCUT2D eigenvalue weighted by Crippen LogP contribution is -2.07. The van der Waals surface area contributed by atoms with Crippen molar-refractivity contribution in [1.82, 2.24) is 9.78 Å². The first-order valence-corrected chi connectivity index (χ1v) is 7.45. The second kappa shape index (κ2) is 9.94. The predicted molar refractivity (Wildman–Crippen MR) is 90.0 cm³/mol. The number of hydrogen-bond donors (Lipinski definition) is 1. The lowest BCUT2D eigenvalue weighted by molar-refractivity contribution is 0.0592. The quantitative estimate of drug-likeness (QED) is 0.662. The molecule has 1 heterocycles. The van der Waals surface area contributed by atoms with Crippen LogP contribution in [0.1, 0.15) is 62.3 Å². The van der Waals surface area contributed by atoms with E-state index in [9.17, 15) is 14.3 Å². The number of aliphatic hydroxyl groups is 1. The summed E-state index contributed by atoms with van der Waals surface area (Å²) >= 11 is 0. The van der Waals surface area contributed by atoms with E-state index in [1.54, 1.807) is 4.68 Å². The third-order valence-electron chi connectivity index (χ3n) is 3.20. The first kappa shape index (κ1) is 21.0. The zero-order valence-corrected chi connectivity index (χ0v) is 14.8. The van der Waals surface area contributed by atoms with Crippen molar-refractivity contribution in [2.45, 2.75) is 53.3 Å². The van der Waals surface area contributed by atoms with Crippen LogP contribution in [0.25, 0.3) is 5.70 Å². The highest BCUT2D eigenvalue weighted by Crippen LogP contribution is 2.26. The monoisotopic (exact) mass is 326 g/mol. The smallest absolute Gasteiger partial charge is 0.358 e. The molecule has 1 unspecified atom stereocenters. The van der Waals surface area contributed by atoms with E-state index in [4.69, 9.17) is 4.74 Å². The highest BCUT2D eigenvalue weighted by Gasteiger charge is 2.25. The number of alkyl halides is 1. The highest BCUT2D eigenvalue weighted by atomic mass is 19.1. The van der Waals surface area contributed by atoms with Crippen LogP contribution in [0.2, 0.25) is 0 Å². The molecule has 6 heteroatoms. The average Bonchev–Trinajstić information content (AvgIpc) is 2.93. The van der Waals surface area contributed by atoms with Crippen LogP contribution >= 0.6 is 0 Å². The Morgan fingerprint density at radius 3 is 2.30 bits per heavy atom. The van der Waals surface area contributed by atoms with Crippen LogP contribution in [0.4, 0.5) is 4.39 Å². The molecular weight excluding hydrogens is 299 g/mol. The molecule has 0 saturated heterocycles. The van der Waals surface area contributed by atoms with E-state index in [2.05, 4.69) is 11.7 Å². The number of ether oxygens (including phenoxy) is 1. The van der Waals surface area contributed by atoms with E-state index in [1.165, 1.54) is 20.1 Å². The van der Waals surface area contributed by atoms with Gasteiger partial charge in [0.15, 0.2) is 5.69 Å². The standard InChI is InChI=1S/C13H20N2O3.C4H7F/c1-6-9(4)15-10(7-16)11(8(2)3)12(14-15)13(17)18-5;1-3-4(2)5/h6,8,16H,7H2,1-5H3;3-4H,1H2,2H3/b9-6+;. The highest BCUT2D eigenvalue weighted by molar-refractivity contribution is 5.89. The molecule has 0 aliphatic rings. The lowest BCUT2D eigenvalue weighted by atomic mass is 10.0. The Morgan fingerprint density at radius 2 is 2.00 bits per heavy atom. The molecule has 0 radical (unpaired) electrons. The molecule has 1 aromatic rings. The Morgan fingerprint density at radius 1 is 1.48 bits per heavy atom. The minimum atomic E-state index is -0.852. The summed E-state index contributed by atoms with van der Waals surface area (Å²) in [4.78, 5) is 11.7. The van der Waals surface area contributed by atoms with Gasteiger partial charge in [-0.15, -0.1) is 6.58 Å². The fraction of sp³-hybridized carbons (Fsp3) is 0.529. The van der Waals surface area contributed by atoms with Crippen molar-refractivity contribution in [3.8, 4) is 0 Å². The molecule has 130 valence electrons. The van der Waals surface area contributed by atoms with E-state index in [-0.39, 0.29) is 18.2 Å². The van der Waals surface area contributed by atoms with Crippen molar-refractivity contribution >= 4 is 11.7 Å². The maximum absolute atomic E-state index is 11.7. The van der Waals surface area contributed by atoms with Crippen LogP contribution in [-0.2, 0) is 11.3 Å². The second-order valence-corrected chi connectivity index (χ2v) is 5.27. The van der Waals surface area contributed by atoms with Gasteiger partial charge in [0.1, 0.15) is 6.17 Å². The first-order chi connectivity index (χ1) is 10.7. The maximum Gasteiger partial charge on any atom is 0.358 e. The summed E-state index contributed by atoms with van der Waals surface area (Å²) < 4.78 is 17.6. The van der Waals surface area contributed by atoms with E-state index >= 15 is 0 Å². The van der Waals surface area contributed by atoms with Crippen LogP contribution in [0.15, 0.2) is 18.7 Å². The van der Waals surface area contributed by atoms with Crippen molar-refractivity contribution in [3.05, 3.63) is 35.7 Å². The number of carbonyl (C=O) groups is 1. The predicted octanol–water partition coefficient (Wildman–Crippen LogP) is 3.70. The number of aliphatic hydroxyl groups excluding tert-OH is 1. The molecule has 5 nitrogen and oxygen atoms in total. The topological polar surface area (TPSA) is 64.4 Å². The molecule has 0 aliphatic heterocycles. The Kier molecular flexibility index (Phi) is 9.10. The number of aromatic nitrogens is 2. The minimum absolute atomic E-state index is 0.0830. The molecule has 0 aliphatic carbocycles. The number of carbonyl (C=O) groups excluding carboxylic acids is 1. The van der Waals surface area contributed by atoms with E-state index in [0.29, 0.717) is 5.69 Å². The molecule has 1 atom stereocenters. The molecule has 0 bridgehead atoms. The Hall–Kier alpha value is -1.95. The van der Waals surface area contributed by atoms with Gasteiger partial charge in [0.25, 0.3) is 0 Å². The summed E-state index contributed by atoms with van der Waals surface area (Å²) in [6, 6.07) is 0. The van der Waals surface area contributed by atoms with Crippen molar-refractivity contribution in [3.63, 3.8) is 0 Å². The summed E-state index contributed by atoms with van der Waals surface area (Å²) in [5.41, 5.74) is 2.51. The molecule has 0 amide bonds. The van der Waals surface area contributed by atoms with Crippen molar-refractivity contribution < 1.29 is 19.0 Å². The number of methoxy groups -OCH3 is 1. The summed E-state index contributed by atoms with van der Waals surface area (Å²) in [5, 5.41) is 13.8. The number of nitrogens with zero attached hydrogens (tertiary/aromatic N) is 2.